The van der Waals surface area contributed by atoms with Crippen LogP contribution in [0.1, 0.15) is 6.92 Å². The fourth-order valence-corrected chi connectivity index (χ4v) is 2.65. The maximum atomic E-state index is 11.8. The van der Waals surface area contributed by atoms with Crippen molar-refractivity contribution in [2.75, 3.05) is 52.9 Å². The molecule has 0 fully saturated rings. The molecule has 0 bridgehead atoms. The van der Waals surface area contributed by atoms with Gasteiger partial charge in [-0.25, -0.2) is 24.0 Å². The van der Waals surface area contributed by atoms with Gasteiger partial charge in [0.25, 0.3) is 0 Å². The molecule has 220 valence electrons. The molecule has 0 aliphatic heterocycles. The van der Waals surface area contributed by atoms with Gasteiger partial charge in [0, 0.05) is 37.3 Å². The van der Waals surface area contributed by atoms with E-state index in [1.54, 1.807) is 0 Å². The van der Waals surface area contributed by atoms with Crippen LogP contribution >= 0.6 is 0 Å². The number of esters is 6. The van der Waals surface area contributed by atoms with E-state index in [9.17, 15) is 28.8 Å². The van der Waals surface area contributed by atoms with Crippen LogP contribution in [0, 0.1) is 10.8 Å². The zero-order valence-corrected chi connectivity index (χ0v) is 22.4. The molecule has 0 spiro atoms. The zero-order valence-electron chi connectivity index (χ0n) is 22.4. The maximum Gasteiger partial charge on any atom is 0.330 e. The molecule has 0 atom stereocenters. The molecule has 0 aromatic heterocycles. The van der Waals surface area contributed by atoms with Crippen LogP contribution < -0.4 is 0 Å². The molecule has 0 saturated carbocycles. The van der Waals surface area contributed by atoms with Gasteiger partial charge in [-0.3, -0.25) is 4.79 Å². The summed E-state index contributed by atoms with van der Waals surface area (Å²) in [4.78, 5) is 70.5. The Kier molecular flexibility index (Phi) is 16.6. The molecule has 0 radical (unpaired) electrons. The first-order valence-corrected chi connectivity index (χ1v) is 11.6. The van der Waals surface area contributed by atoms with Crippen LogP contribution in [-0.2, 0) is 61.9 Å². The van der Waals surface area contributed by atoms with Gasteiger partial charge < -0.3 is 33.2 Å². The van der Waals surface area contributed by atoms with Gasteiger partial charge in [0.15, 0.2) is 0 Å². The van der Waals surface area contributed by atoms with Gasteiger partial charge in [-0.15, -0.1) is 0 Å². The van der Waals surface area contributed by atoms with Crippen molar-refractivity contribution in [3.8, 4) is 0 Å². The summed E-state index contributed by atoms with van der Waals surface area (Å²) in [5.41, 5.74) is -2.92. The lowest BCUT2D eigenvalue weighted by Crippen LogP contribution is -2.47. The zero-order chi connectivity index (χ0) is 30.6. The summed E-state index contributed by atoms with van der Waals surface area (Å²) in [5, 5.41) is 0. The summed E-state index contributed by atoms with van der Waals surface area (Å²) >= 11 is 0. The Morgan fingerprint density at radius 2 is 0.675 bits per heavy atom. The van der Waals surface area contributed by atoms with E-state index in [1.807, 2.05) is 0 Å². The fraction of sp³-hybridized carbons (Fsp3) is 0.407. The molecule has 0 aromatic carbocycles. The molecule has 0 rings (SSSR count). The maximum absolute atomic E-state index is 11.8. The summed E-state index contributed by atoms with van der Waals surface area (Å²) in [5.74, 6) is -4.81. The van der Waals surface area contributed by atoms with Crippen molar-refractivity contribution in [1.29, 1.82) is 0 Å². The van der Waals surface area contributed by atoms with Crippen LogP contribution in [0.5, 0.6) is 0 Å². The first kappa shape index (κ1) is 35.5. The van der Waals surface area contributed by atoms with Crippen LogP contribution in [0.3, 0.4) is 0 Å². The number of ether oxygens (including phenoxy) is 7. The largest absolute Gasteiger partial charge is 0.465 e. The van der Waals surface area contributed by atoms with E-state index in [0.717, 1.165) is 37.3 Å². The van der Waals surface area contributed by atoms with Crippen LogP contribution in [0.2, 0.25) is 0 Å². The average Bonchev–Trinajstić information content (AvgIpc) is 2.96. The Bertz CT molecular complexity index is 895. The summed E-state index contributed by atoms with van der Waals surface area (Å²) in [6.45, 7) is 14.1. The minimum absolute atomic E-state index is 0.392. The van der Waals surface area contributed by atoms with Gasteiger partial charge in [-0.05, 0) is 0 Å². The minimum atomic E-state index is -1.47. The Morgan fingerprint density at radius 1 is 0.450 bits per heavy atom. The van der Waals surface area contributed by atoms with Crippen LogP contribution in [-0.4, -0.2) is 88.7 Å². The topological polar surface area (TPSA) is 167 Å². The first-order valence-electron chi connectivity index (χ1n) is 11.6. The Balaban J connectivity index is 6.23. The minimum Gasteiger partial charge on any atom is -0.465 e. The Hall–Kier alpha value is -4.52. The van der Waals surface area contributed by atoms with Crippen LogP contribution in [0.4, 0.5) is 0 Å². The molecular formula is C27H34O13. The van der Waals surface area contributed by atoms with Crippen molar-refractivity contribution in [3.63, 3.8) is 0 Å². The normalized spacial score (nSPS) is 10.6. The van der Waals surface area contributed by atoms with Gasteiger partial charge in [0.05, 0.1) is 24.0 Å². The van der Waals surface area contributed by atoms with Gasteiger partial charge in [0.2, 0.25) is 0 Å². The van der Waals surface area contributed by atoms with Crippen molar-refractivity contribution in [1.82, 2.24) is 0 Å². The molecule has 0 aliphatic carbocycles. The molecule has 13 nitrogen and oxygen atoms in total. The summed E-state index contributed by atoms with van der Waals surface area (Å²) in [7, 11) is 0. The number of hydrogen-bond donors (Lipinski definition) is 0. The number of carbonyl (C=O) groups is 6. The predicted molar refractivity (Wildman–Crippen MR) is 138 cm³/mol. The first-order chi connectivity index (χ1) is 18.9. The summed E-state index contributed by atoms with van der Waals surface area (Å²) in [6.07, 6.45) is 4.47. The van der Waals surface area contributed by atoms with Gasteiger partial charge in [0.1, 0.15) is 39.6 Å². The molecule has 0 heterocycles. The summed E-state index contributed by atoms with van der Waals surface area (Å²) in [6, 6.07) is 0. The average molecular weight is 567 g/mol. The number of rotatable bonds is 21. The SMILES string of the molecule is C=CC(=O)OCC(COCC(COC(=O)C=C)(COC(=O)C=C)COC(=O)C=C)(COC(C)=O)COC(=O)C=C. The second-order valence-electron chi connectivity index (χ2n) is 8.33. The van der Waals surface area contributed by atoms with E-state index in [-0.39, 0.29) is 0 Å². The highest BCUT2D eigenvalue weighted by Crippen LogP contribution is 2.26. The van der Waals surface area contributed by atoms with Gasteiger partial charge in [-0.2, -0.15) is 0 Å². The fourth-order valence-electron chi connectivity index (χ4n) is 2.65. The third kappa shape index (κ3) is 14.4. The standard InChI is InChI=1S/C27H34O13/c1-7-21(29)36-15-26(14-35-20(6)28,16-37-22(30)8-2)12-34-13-27(17-38-23(31)9-3,18-39-24(32)10-4)19-40-25(33)11-5/h7-11H,1-5,12-19H2,6H3. The van der Waals surface area contributed by atoms with Crippen LogP contribution in [0.15, 0.2) is 63.3 Å². The molecular weight excluding hydrogens is 532 g/mol. The number of hydrogen-bond acceptors (Lipinski definition) is 13. The lowest BCUT2D eigenvalue weighted by atomic mass is 9.90. The lowest BCUT2D eigenvalue weighted by molar-refractivity contribution is -0.170. The van der Waals surface area contributed by atoms with Crippen molar-refractivity contribution in [2.45, 2.75) is 6.92 Å². The molecule has 0 aliphatic rings. The molecule has 0 aromatic rings. The molecule has 0 unspecified atom stereocenters. The van der Waals surface area contributed by atoms with Gasteiger partial charge >= 0.3 is 35.8 Å². The van der Waals surface area contributed by atoms with E-state index in [2.05, 4.69) is 32.9 Å². The highest BCUT2D eigenvalue weighted by atomic mass is 16.6. The highest BCUT2D eigenvalue weighted by molar-refractivity contribution is 5.82. The van der Waals surface area contributed by atoms with E-state index >= 15 is 0 Å². The monoisotopic (exact) mass is 566 g/mol. The van der Waals surface area contributed by atoms with Crippen molar-refractivity contribution in [3.05, 3.63) is 63.3 Å². The quantitative estimate of drug-likeness (QED) is 0.110. The van der Waals surface area contributed by atoms with Crippen LogP contribution in [0.25, 0.3) is 0 Å². The van der Waals surface area contributed by atoms with Crippen molar-refractivity contribution < 1.29 is 61.9 Å². The van der Waals surface area contributed by atoms with E-state index in [4.69, 9.17) is 33.2 Å². The molecule has 0 amide bonds. The summed E-state index contributed by atoms with van der Waals surface area (Å²) < 4.78 is 36.6. The third-order valence-electron chi connectivity index (χ3n) is 4.83. The smallest absolute Gasteiger partial charge is 0.330 e. The van der Waals surface area contributed by atoms with E-state index in [0.29, 0.717) is 0 Å². The molecule has 0 N–H and O–H groups in total. The van der Waals surface area contributed by atoms with Crippen molar-refractivity contribution >= 4 is 35.8 Å². The van der Waals surface area contributed by atoms with E-state index < -0.39 is 99.5 Å². The molecule has 0 saturated heterocycles. The number of carbonyl (C=O) groups excluding carboxylic acids is 6. The molecule has 13 heteroatoms. The highest BCUT2D eigenvalue weighted by Gasteiger charge is 2.40. The Labute approximate surface area is 232 Å². The second kappa shape index (κ2) is 18.7. The Morgan fingerprint density at radius 3 is 0.875 bits per heavy atom. The van der Waals surface area contributed by atoms with Crippen molar-refractivity contribution in [2.24, 2.45) is 10.8 Å². The lowest BCUT2D eigenvalue weighted by Gasteiger charge is -2.35. The van der Waals surface area contributed by atoms with E-state index in [1.165, 1.54) is 0 Å². The predicted octanol–water partition coefficient (Wildman–Crippen LogP) is 1.18. The molecule has 40 heavy (non-hydrogen) atoms. The third-order valence-corrected chi connectivity index (χ3v) is 4.83. The van der Waals surface area contributed by atoms with Gasteiger partial charge in [-0.1, -0.05) is 32.9 Å². The second-order valence-corrected chi connectivity index (χ2v) is 8.33.